The molecule has 0 saturated carbocycles. The molecule has 0 atom stereocenters. The Morgan fingerprint density at radius 1 is 1.09 bits per heavy atom. The molecule has 6 nitrogen and oxygen atoms in total. The number of aromatic nitrogens is 3. The van der Waals surface area contributed by atoms with Crippen LogP contribution >= 0.6 is 0 Å². The van der Waals surface area contributed by atoms with Crippen molar-refractivity contribution in [3.63, 3.8) is 0 Å². The number of phenolic OH excluding ortho intramolecular Hbond substituents is 1. The molecule has 3 rings (SSSR count). The molecule has 0 aliphatic carbocycles. The maximum atomic E-state index is 12.0. The van der Waals surface area contributed by atoms with E-state index < -0.39 is 0 Å². The highest BCUT2D eigenvalue weighted by molar-refractivity contribution is 5.96. The van der Waals surface area contributed by atoms with E-state index in [2.05, 4.69) is 15.4 Å². The monoisotopic (exact) mass is 308 g/mol. The summed E-state index contributed by atoms with van der Waals surface area (Å²) in [5, 5.41) is 16.5. The van der Waals surface area contributed by atoms with Crippen LogP contribution in [0.25, 0.3) is 0 Å². The van der Waals surface area contributed by atoms with Crippen LogP contribution < -0.4 is 5.32 Å². The molecule has 1 amide bonds. The summed E-state index contributed by atoms with van der Waals surface area (Å²) in [6, 6.07) is 14.4. The lowest BCUT2D eigenvalue weighted by Crippen LogP contribution is -2.22. The number of aromatic hydroxyl groups is 1. The van der Waals surface area contributed by atoms with Crippen LogP contribution in [0, 0.1) is 0 Å². The lowest BCUT2D eigenvalue weighted by Gasteiger charge is -2.08. The largest absolute Gasteiger partial charge is 0.507 e. The SMILES string of the molecule is O=C(NCc1ccc(Cn2cncn2)cc1)c1ccccc1O. The van der Waals surface area contributed by atoms with E-state index in [0.717, 1.165) is 11.1 Å². The minimum Gasteiger partial charge on any atom is -0.507 e. The van der Waals surface area contributed by atoms with Crippen molar-refractivity contribution in [2.24, 2.45) is 0 Å². The Hall–Kier alpha value is -3.15. The molecule has 0 unspecified atom stereocenters. The zero-order chi connectivity index (χ0) is 16.1. The van der Waals surface area contributed by atoms with E-state index in [9.17, 15) is 9.90 Å². The zero-order valence-corrected chi connectivity index (χ0v) is 12.4. The Bertz CT molecular complexity index is 783. The molecular weight excluding hydrogens is 292 g/mol. The summed E-state index contributed by atoms with van der Waals surface area (Å²) in [5.41, 5.74) is 2.36. The first kappa shape index (κ1) is 14.8. The van der Waals surface area contributed by atoms with E-state index in [0.29, 0.717) is 13.1 Å². The molecule has 0 aliphatic heterocycles. The van der Waals surface area contributed by atoms with E-state index in [4.69, 9.17) is 0 Å². The number of para-hydroxylation sites is 1. The molecule has 2 aromatic carbocycles. The first-order valence-electron chi connectivity index (χ1n) is 7.19. The van der Waals surface area contributed by atoms with Crippen LogP contribution in [0.1, 0.15) is 21.5 Å². The molecule has 1 heterocycles. The minimum absolute atomic E-state index is 0.0202. The van der Waals surface area contributed by atoms with Gasteiger partial charge in [0.15, 0.2) is 0 Å². The third kappa shape index (κ3) is 3.74. The summed E-state index contributed by atoms with van der Waals surface area (Å²) in [6.45, 7) is 1.06. The predicted octanol–water partition coefficient (Wildman–Crippen LogP) is 1.96. The van der Waals surface area contributed by atoms with E-state index >= 15 is 0 Å². The number of hydrogen-bond acceptors (Lipinski definition) is 4. The summed E-state index contributed by atoms with van der Waals surface area (Å²) >= 11 is 0. The van der Waals surface area contributed by atoms with Gasteiger partial charge in [-0.2, -0.15) is 5.10 Å². The molecule has 0 saturated heterocycles. The van der Waals surface area contributed by atoms with Gasteiger partial charge in [0, 0.05) is 6.54 Å². The van der Waals surface area contributed by atoms with Crippen molar-refractivity contribution in [2.45, 2.75) is 13.1 Å². The second-order valence-corrected chi connectivity index (χ2v) is 5.11. The Kier molecular flexibility index (Phi) is 4.33. The van der Waals surface area contributed by atoms with Crippen LogP contribution in [0.5, 0.6) is 5.75 Å². The summed E-state index contributed by atoms with van der Waals surface area (Å²) in [4.78, 5) is 15.9. The molecule has 0 radical (unpaired) electrons. The van der Waals surface area contributed by atoms with Gasteiger partial charge < -0.3 is 10.4 Å². The quantitative estimate of drug-likeness (QED) is 0.755. The Labute approximate surface area is 133 Å². The Balaban J connectivity index is 1.58. The van der Waals surface area contributed by atoms with E-state index in [1.807, 2.05) is 24.3 Å². The van der Waals surface area contributed by atoms with Crippen LogP contribution in [0.3, 0.4) is 0 Å². The van der Waals surface area contributed by atoms with Gasteiger partial charge in [-0.15, -0.1) is 0 Å². The number of amides is 1. The van der Waals surface area contributed by atoms with E-state index in [1.54, 1.807) is 29.2 Å². The highest BCUT2D eigenvalue weighted by Gasteiger charge is 2.09. The van der Waals surface area contributed by atoms with Crippen LogP contribution in [0.2, 0.25) is 0 Å². The van der Waals surface area contributed by atoms with Crippen LogP contribution in [0.4, 0.5) is 0 Å². The average molecular weight is 308 g/mol. The van der Waals surface area contributed by atoms with Gasteiger partial charge in [-0.3, -0.25) is 4.79 Å². The fraction of sp³-hybridized carbons (Fsp3) is 0.118. The first-order chi connectivity index (χ1) is 11.2. The predicted molar refractivity (Wildman–Crippen MR) is 84.8 cm³/mol. The maximum Gasteiger partial charge on any atom is 0.255 e. The third-order valence-electron chi connectivity index (χ3n) is 3.44. The fourth-order valence-electron chi connectivity index (χ4n) is 2.21. The van der Waals surface area contributed by atoms with Crippen molar-refractivity contribution in [1.82, 2.24) is 20.1 Å². The number of carbonyl (C=O) groups excluding carboxylic acids is 1. The van der Waals surface area contributed by atoms with Gasteiger partial charge in [0.1, 0.15) is 18.4 Å². The van der Waals surface area contributed by atoms with Crippen LogP contribution in [-0.2, 0) is 13.1 Å². The molecule has 1 aromatic heterocycles. The molecule has 2 N–H and O–H groups in total. The Morgan fingerprint density at radius 2 is 1.83 bits per heavy atom. The van der Waals surface area contributed by atoms with E-state index in [-0.39, 0.29) is 17.2 Å². The Morgan fingerprint density at radius 3 is 2.52 bits per heavy atom. The summed E-state index contributed by atoms with van der Waals surface area (Å²) in [5.74, 6) is -0.317. The molecule has 3 aromatic rings. The summed E-state index contributed by atoms with van der Waals surface area (Å²) in [7, 11) is 0. The van der Waals surface area contributed by atoms with Crippen LogP contribution in [-0.4, -0.2) is 25.8 Å². The molecule has 116 valence electrons. The van der Waals surface area contributed by atoms with Gasteiger partial charge >= 0.3 is 0 Å². The molecule has 0 fully saturated rings. The topological polar surface area (TPSA) is 80.0 Å². The number of nitrogens with one attached hydrogen (secondary N) is 1. The molecule has 0 spiro atoms. The van der Waals surface area contributed by atoms with Gasteiger partial charge in [-0.25, -0.2) is 9.67 Å². The van der Waals surface area contributed by atoms with Gasteiger partial charge in [0.2, 0.25) is 0 Å². The summed E-state index contributed by atoms with van der Waals surface area (Å²) < 4.78 is 1.75. The van der Waals surface area contributed by atoms with Crippen molar-refractivity contribution < 1.29 is 9.90 Å². The van der Waals surface area contributed by atoms with Crippen molar-refractivity contribution in [3.05, 3.63) is 77.9 Å². The zero-order valence-electron chi connectivity index (χ0n) is 12.4. The number of rotatable bonds is 5. The normalized spacial score (nSPS) is 10.4. The molecule has 23 heavy (non-hydrogen) atoms. The van der Waals surface area contributed by atoms with Gasteiger partial charge in [-0.1, -0.05) is 36.4 Å². The lowest BCUT2D eigenvalue weighted by atomic mass is 10.1. The lowest BCUT2D eigenvalue weighted by molar-refractivity contribution is 0.0948. The second kappa shape index (κ2) is 6.74. The number of carbonyl (C=O) groups is 1. The average Bonchev–Trinajstić information content (AvgIpc) is 3.07. The third-order valence-corrected chi connectivity index (χ3v) is 3.44. The molecule has 0 bridgehead atoms. The first-order valence-corrected chi connectivity index (χ1v) is 7.19. The van der Waals surface area contributed by atoms with Gasteiger partial charge in [0.25, 0.3) is 5.91 Å². The maximum absolute atomic E-state index is 12.0. The van der Waals surface area contributed by atoms with E-state index in [1.165, 1.54) is 12.4 Å². The van der Waals surface area contributed by atoms with Gasteiger partial charge in [0.05, 0.1) is 12.1 Å². The van der Waals surface area contributed by atoms with Crippen molar-refractivity contribution >= 4 is 5.91 Å². The molecular formula is C17H16N4O2. The minimum atomic E-state index is -0.296. The molecule has 6 heteroatoms. The van der Waals surface area contributed by atoms with Crippen molar-refractivity contribution in [1.29, 1.82) is 0 Å². The summed E-state index contributed by atoms with van der Waals surface area (Å²) in [6.07, 6.45) is 3.17. The van der Waals surface area contributed by atoms with Gasteiger partial charge in [-0.05, 0) is 23.3 Å². The van der Waals surface area contributed by atoms with Crippen LogP contribution in [0.15, 0.2) is 61.2 Å². The molecule has 0 aliphatic rings. The fourth-order valence-corrected chi connectivity index (χ4v) is 2.21. The smallest absolute Gasteiger partial charge is 0.255 e. The number of benzene rings is 2. The number of phenols is 1. The highest BCUT2D eigenvalue weighted by atomic mass is 16.3. The highest BCUT2D eigenvalue weighted by Crippen LogP contribution is 2.15. The number of hydrogen-bond donors (Lipinski definition) is 2. The van der Waals surface area contributed by atoms with Crippen molar-refractivity contribution in [2.75, 3.05) is 0 Å². The standard InChI is InChI=1S/C17H16N4O2/c22-16-4-2-1-3-15(16)17(23)19-9-13-5-7-14(8-6-13)10-21-12-18-11-20-21/h1-8,11-12,22H,9-10H2,(H,19,23). The second-order valence-electron chi connectivity index (χ2n) is 5.11. The van der Waals surface area contributed by atoms with Crippen molar-refractivity contribution in [3.8, 4) is 5.75 Å². The number of nitrogens with zero attached hydrogens (tertiary/aromatic N) is 3.